The molecule has 0 fully saturated rings. The zero-order valence-corrected chi connectivity index (χ0v) is 20.5. The van der Waals surface area contributed by atoms with E-state index in [4.69, 9.17) is 21.1 Å². The second-order valence-electron chi connectivity index (χ2n) is 7.69. The molecule has 0 radical (unpaired) electrons. The first-order valence-electron chi connectivity index (χ1n) is 10.8. The standard InChI is InChI=1S/C26H20ClFN4O2S/c1-3-23(25(33)31-24-11-15(2)34-32-24)35-26-21(14-29)20(17-5-4-6-19(28)12-17)13-22(30-26)16-7-9-18(27)10-8-16/h4-13,23H,3H2,1-2H3,(H,31,32,33). The number of benzene rings is 2. The van der Waals surface area contributed by atoms with E-state index in [2.05, 4.69) is 16.5 Å². The average Bonchev–Trinajstić information content (AvgIpc) is 3.26. The van der Waals surface area contributed by atoms with Gasteiger partial charge in [-0.1, -0.05) is 59.7 Å². The minimum atomic E-state index is -0.563. The summed E-state index contributed by atoms with van der Waals surface area (Å²) in [5, 5.41) is 17.0. The number of nitrogens with zero attached hydrogens (tertiary/aromatic N) is 3. The maximum absolute atomic E-state index is 14.1. The van der Waals surface area contributed by atoms with E-state index < -0.39 is 11.1 Å². The van der Waals surface area contributed by atoms with Crippen LogP contribution in [-0.2, 0) is 4.79 Å². The molecular formula is C26H20ClFN4O2S. The number of amides is 1. The molecular weight excluding hydrogens is 487 g/mol. The second-order valence-corrected chi connectivity index (χ2v) is 9.32. The summed E-state index contributed by atoms with van der Waals surface area (Å²) in [6.45, 7) is 3.60. The molecule has 4 rings (SSSR count). The van der Waals surface area contributed by atoms with E-state index in [9.17, 15) is 14.4 Å². The summed E-state index contributed by atoms with van der Waals surface area (Å²) in [4.78, 5) is 17.7. The lowest BCUT2D eigenvalue weighted by Gasteiger charge is -2.17. The monoisotopic (exact) mass is 506 g/mol. The Kier molecular flexibility index (Phi) is 7.49. The number of hydrogen-bond donors (Lipinski definition) is 1. The fourth-order valence-electron chi connectivity index (χ4n) is 3.46. The fraction of sp³-hybridized carbons (Fsp3) is 0.154. The number of anilines is 1. The van der Waals surface area contributed by atoms with Gasteiger partial charge < -0.3 is 9.84 Å². The Morgan fingerprint density at radius 1 is 1.20 bits per heavy atom. The molecule has 2 aromatic carbocycles. The third-order valence-electron chi connectivity index (χ3n) is 5.17. The number of hydrogen-bond acceptors (Lipinski definition) is 6. The van der Waals surface area contributed by atoms with Crippen molar-refractivity contribution in [3.63, 3.8) is 0 Å². The SMILES string of the molecule is CCC(Sc1nc(-c2ccc(Cl)cc2)cc(-c2cccc(F)c2)c1C#N)C(=O)Nc1cc(C)on1. The lowest BCUT2D eigenvalue weighted by Crippen LogP contribution is -2.25. The van der Waals surface area contributed by atoms with Crippen LogP contribution in [0, 0.1) is 24.1 Å². The van der Waals surface area contributed by atoms with Crippen molar-refractivity contribution in [3.8, 4) is 28.5 Å². The first-order valence-corrected chi connectivity index (χ1v) is 12.0. The molecule has 1 atom stereocenters. The van der Waals surface area contributed by atoms with Gasteiger partial charge in [-0.25, -0.2) is 9.37 Å². The third kappa shape index (κ3) is 5.70. The van der Waals surface area contributed by atoms with Gasteiger partial charge in [0.15, 0.2) is 5.82 Å². The first kappa shape index (κ1) is 24.5. The smallest absolute Gasteiger partial charge is 0.239 e. The number of pyridine rings is 1. The van der Waals surface area contributed by atoms with Crippen LogP contribution in [0.2, 0.25) is 5.02 Å². The van der Waals surface area contributed by atoms with Crippen LogP contribution < -0.4 is 5.32 Å². The molecule has 35 heavy (non-hydrogen) atoms. The van der Waals surface area contributed by atoms with Crippen LogP contribution in [0.3, 0.4) is 0 Å². The molecule has 1 amide bonds. The molecule has 2 heterocycles. The molecule has 0 aliphatic heterocycles. The van der Waals surface area contributed by atoms with E-state index in [1.807, 2.05) is 19.1 Å². The summed E-state index contributed by atoms with van der Waals surface area (Å²) in [6.07, 6.45) is 0.473. The molecule has 176 valence electrons. The molecule has 0 aliphatic rings. The average molecular weight is 507 g/mol. The summed E-state index contributed by atoms with van der Waals surface area (Å²) in [7, 11) is 0. The predicted molar refractivity (Wildman–Crippen MR) is 135 cm³/mol. The lowest BCUT2D eigenvalue weighted by molar-refractivity contribution is -0.115. The van der Waals surface area contributed by atoms with Gasteiger partial charge in [0.2, 0.25) is 5.91 Å². The minimum absolute atomic E-state index is 0.266. The summed E-state index contributed by atoms with van der Waals surface area (Å²) >= 11 is 7.22. The highest BCUT2D eigenvalue weighted by molar-refractivity contribution is 8.00. The molecule has 0 bridgehead atoms. The third-order valence-corrected chi connectivity index (χ3v) is 6.77. The van der Waals surface area contributed by atoms with Crippen molar-refractivity contribution < 1.29 is 13.7 Å². The Hall–Kier alpha value is -3.67. The van der Waals surface area contributed by atoms with Crippen molar-refractivity contribution >= 4 is 35.1 Å². The van der Waals surface area contributed by atoms with Gasteiger partial charge in [-0.3, -0.25) is 4.79 Å². The zero-order chi connectivity index (χ0) is 24.9. The van der Waals surface area contributed by atoms with Gasteiger partial charge >= 0.3 is 0 Å². The highest BCUT2D eigenvalue weighted by atomic mass is 35.5. The van der Waals surface area contributed by atoms with Crippen molar-refractivity contribution in [2.24, 2.45) is 0 Å². The van der Waals surface area contributed by atoms with Crippen LogP contribution in [0.4, 0.5) is 10.2 Å². The summed E-state index contributed by atoms with van der Waals surface area (Å²) in [5.74, 6) is 0.181. The molecule has 0 saturated carbocycles. The maximum atomic E-state index is 14.1. The van der Waals surface area contributed by atoms with Crippen LogP contribution in [0.5, 0.6) is 0 Å². The van der Waals surface area contributed by atoms with Gasteiger partial charge in [-0.05, 0) is 49.2 Å². The van der Waals surface area contributed by atoms with Crippen molar-refractivity contribution in [1.29, 1.82) is 5.26 Å². The molecule has 4 aromatic rings. The quantitative estimate of drug-likeness (QED) is 0.274. The summed E-state index contributed by atoms with van der Waals surface area (Å²) < 4.78 is 19.1. The first-order chi connectivity index (χ1) is 16.9. The molecule has 1 N–H and O–H groups in total. The number of halogens is 2. The van der Waals surface area contributed by atoms with Gasteiger partial charge in [0, 0.05) is 22.2 Å². The minimum Gasteiger partial charge on any atom is -0.360 e. The van der Waals surface area contributed by atoms with Gasteiger partial charge in [0.1, 0.15) is 22.7 Å². The summed E-state index contributed by atoms with van der Waals surface area (Å²) in [6, 6.07) is 18.7. The number of carbonyl (C=O) groups is 1. The zero-order valence-electron chi connectivity index (χ0n) is 18.9. The molecule has 6 nitrogen and oxygen atoms in total. The van der Waals surface area contributed by atoms with Crippen molar-refractivity contribution in [3.05, 3.63) is 82.8 Å². The molecule has 0 spiro atoms. The molecule has 0 saturated heterocycles. The number of carbonyl (C=O) groups excluding carboxylic acids is 1. The van der Waals surface area contributed by atoms with Gasteiger partial charge in [0.25, 0.3) is 0 Å². The molecule has 0 aliphatic carbocycles. The predicted octanol–water partition coefficient (Wildman–Crippen LogP) is 6.89. The van der Waals surface area contributed by atoms with Crippen LogP contribution >= 0.6 is 23.4 Å². The Labute approximate surface area is 211 Å². The second kappa shape index (κ2) is 10.7. The number of thioether (sulfide) groups is 1. The largest absolute Gasteiger partial charge is 0.360 e. The lowest BCUT2D eigenvalue weighted by atomic mass is 9.99. The highest BCUT2D eigenvalue weighted by Crippen LogP contribution is 2.37. The molecule has 2 aromatic heterocycles. The highest BCUT2D eigenvalue weighted by Gasteiger charge is 2.24. The maximum Gasteiger partial charge on any atom is 0.239 e. The Morgan fingerprint density at radius 2 is 1.97 bits per heavy atom. The number of nitrogens with one attached hydrogen (secondary N) is 1. The number of rotatable bonds is 7. The van der Waals surface area contributed by atoms with Crippen molar-refractivity contribution in [1.82, 2.24) is 10.1 Å². The van der Waals surface area contributed by atoms with E-state index >= 15 is 0 Å². The Morgan fingerprint density at radius 3 is 2.60 bits per heavy atom. The van der Waals surface area contributed by atoms with E-state index in [1.54, 1.807) is 43.3 Å². The van der Waals surface area contributed by atoms with Crippen LogP contribution in [-0.4, -0.2) is 21.3 Å². The normalized spacial score (nSPS) is 11.6. The van der Waals surface area contributed by atoms with E-state index in [-0.39, 0.29) is 11.5 Å². The van der Waals surface area contributed by atoms with Gasteiger partial charge in [0.05, 0.1) is 16.5 Å². The van der Waals surface area contributed by atoms with Crippen LogP contribution in [0.25, 0.3) is 22.4 Å². The van der Waals surface area contributed by atoms with Gasteiger partial charge in [-0.2, -0.15) is 5.26 Å². The number of aromatic nitrogens is 2. The fourth-order valence-corrected chi connectivity index (χ4v) is 4.61. The van der Waals surface area contributed by atoms with Gasteiger partial charge in [-0.15, -0.1) is 0 Å². The Balaban J connectivity index is 1.78. The van der Waals surface area contributed by atoms with Crippen LogP contribution in [0.1, 0.15) is 24.7 Å². The summed E-state index contributed by atoms with van der Waals surface area (Å²) in [5.41, 5.74) is 2.68. The Bertz CT molecular complexity index is 1420. The van der Waals surface area contributed by atoms with E-state index in [1.165, 1.54) is 23.9 Å². The van der Waals surface area contributed by atoms with Crippen molar-refractivity contribution in [2.75, 3.05) is 5.32 Å². The van der Waals surface area contributed by atoms with Crippen LogP contribution in [0.15, 0.2) is 70.2 Å². The number of nitriles is 1. The topological polar surface area (TPSA) is 91.8 Å². The van der Waals surface area contributed by atoms with Crippen molar-refractivity contribution in [2.45, 2.75) is 30.5 Å². The number of aryl methyl sites for hydroxylation is 1. The van der Waals surface area contributed by atoms with E-state index in [0.717, 1.165) is 5.56 Å². The van der Waals surface area contributed by atoms with E-state index in [0.29, 0.717) is 44.9 Å². The molecule has 1 unspecified atom stereocenters. The molecule has 9 heteroatoms.